The smallest absolute Gasteiger partial charge is 0.175 e. The van der Waals surface area contributed by atoms with E-state index in [0.717, 1.165) is 18.7 Å². The van der Waals surface area contributed by atoms with Crippen molar-refractivity contribution < 1.29 is 8.42 Å². The number of rotatable bonds is 6. The molecule has 0 bridgehead atoms. The van der Waals surface area contributed by atoms with Gasteiger partial charge in [0, 0.05) is 18.8 Å². The van der Waals surface area contributed by atoms with Crippen molar-refractivity contribution in [1.29, 1.82) is 0 Å². The van der Waals surface area contributed by atoms with Gasteiger partial charge in [-0.15, -0.1) is 0 Å². The number of hydrogen-bond donors (Lipinski definition) is 2. The minimum absolute atomic E-state index is 0.198. The van der Waals surface area contributed by atoms with Crippen LogP contribution in [0.3, 0.4) is 0 Å². The van der Waals surface area contributed by atoms with Crippen molar-refractivity contribution in [2.24, 2.45) is 0 Å². The third-order valence-corrected chi connectivity index (χ3v) is 3.79. The van der Waals surface area contributed by atoms with Crippen LogP contribution in [0.15, 0.2) is 29.2 Å². The van der Waals surface area contributed by atoms with E-state index in [9.17, 15) is 8.42 Å². The van der Waals surface area contributed by atoms with E-state index in [0.29, 0.717) is 4.90 Å². The quantitative estimate of drug-likeness (QED) is 0.796. The molecule has 0 spiro atoms. The fourth-order valence-corrected chi connectivity index (χ4v) is 2.25. The Balaban J connectivity index is 2.85. The Morgan fingerprint density at radius 3 is 2.24 bits per heavy atom. The third kappa shape index (κ3) is 4.11. The summed E-state index contributed by atoms with van der Waals surface area (Å²) >= 11 is 0. The topological polar surface area (TPSA) is 58.2 Å². The van der Waals surface area contributed by atoms with Crippen LogP contribution in [0.5, 0.6) is 0 Å². The first-order chi connectivity index (χ1) is 7.99. The predicted octanol–water partition coefficient (Wildman–Crippen LogP) is 0.960. The Kier molecular flexibility index (Phi) is 5.11. The maximum atomic E-state index is 11.3. The SMILES string of the molecule is CCNCC(NC)c1ccc(S(C)(=O)=O)cc1. The molecular weight excluding hydrogens is 236 g/mol. The third-order valence-electron chi connectivity index (χ3n) is 2.66. The lowest BCUT2D eigenvalue weighted by Crippen LogP contribution is -2.29. The first-order valence-corrected chi connectivity index (χ1v) is 7.56. The van der Waals surface area contributed by atoms with Crippen LogP contribution in [-0.4, -0.2) is 34.8 Å². The van der Waals surface area contributed by atoms with Gasteiger partial charge >= 0.3 is 0 Å². The lowest BCUT2D eigenvalue weighted by Gasteiger charge is -2.17. The van der Waals surface area contributed by atoms with Crippen LogP contribution in [0.1, 0.15) is 18.5 Å². The highest BCUT2D eigenvalue weighted by atomic mass is 32.2. The van der Waals surface area contributed by atoms with Crippen LogP contribution in [-0.2, 0) is 9.84 Å². The molecule has 17 heavy (non-hydrogen) atoms. The van der Waals surface area contributed by atoms with Gasteiger partial charge in [0.1, 0.15) is 0 Å². The molecule has 1 atom stereocenters. The number of hydrogen-bond acceptors (Lipinski definition) is 4. The first-order valence-electron chi connectivity index (χ1n) is 5.67. The van der Waals surface area contributed by atoms with Crippen LogP contribution in [0.2, 0.25) is 0 Å². The fourth-order valence-electron chi connectivity index (χ4n) is 1.62. The van der Waals surface area contributed by atoms with Gasteiger partial charge in [0.15, 0.2) is 9.84 Å². The predicted molar refractivity (Wildman–Crippen MR) is 69.9 cm³/mol. The van der Waals surface area contributed by atoms with E-state index in [1.807, 2.05) is 19.2 Å². The number of nitrogens with one attached hydrogen (secondary N) is 2. The Morgan fingerprint density at radius 2 is 1.82 bits per heavy atom. The van der Waals surface area contributed by atoms with Gasteiger partial charge in [-0.2, -0.15) is 0 Å². The first kappa shape index (κ1) is 14.2. The largest absolute Gasteiger partial charge is 0.315 e. The molecule has 1 aromatic rings. The zero-order valence-electron chi connectivity index (χ0n) is 10.5. The maximum absolute atomic E-state index is 11.3. The molecule has 5 heteroatoms. The second kappa shape index (κ2) is 6.14. The monoisotopic (exact) mass is 256 g/mol. The standard InChI is InChI=1S/C12H20N2O2S/c1-4-14-9-12(13-2)10-5-7-11(8-6-10)17(3,15)16/h5-8,12-14H,4,9H2,1-3H3. The summed E-state index contributed by atoms with van der Waals surface area (Å²) in [4.78, 5) is 0.361. The van der Waals surface area contributed by atoms with Gasteiger partial charge in [-0.1, -0.05) is 19.1 Å². The molecule has 0 amide bonds. The van der Waals surface area contributed by atoms with Crippen molar-refractivity contribution in [3.8, 4) is 0 Å². The number of likely N-dealkylation sites (N-methyl/N-ethyl adjacent to an activating group) is 2. The normalized spacial score (nSPS) is 13.6. The molecule has 96 valence electrons. The summed E-state index contributed by atoms with van der Waals surface area (Å²) in [7, 11) is -1.21. The van der Waals surface area contributed by atoms with Crippen LogP contribution in [0.25, 0.3) is 0 Å². The Hall–Kier alpha value is -0.910. The lowest BCUT2D eigenvalue weighted by atomic mass is 10.1. The average Bonchev–Trinajstić information content (AvgIpc) is 2.29. The van der Waals surface area contributed by atoms with Crippen molar-refractivity contribution in [3.05, 3.63) is 29.8 Å². The molecule has 1 aromatic carbocycles. The van der Waals surface area contributed by atoms with Gasteiger partial charge in [0.05, 0.1) is 4.90 Å². The highest BCUT2D eigenvalue weighted by Crippen LogP contribution is 2.15. The van der Waals surface area contributed by atoms with Gasteiger partial charge in [-0.25, -0.2) is 8.42 Å². The van der Waals surface area contributed by atoms with Crippen molar-refractivity contribution in [1.82, 2.24) is 10.6 Å². The second-order valence-corrected chi connectivity index (χ2v) is 6.01. The van der Waals surface area contributed by atoms with E-state index in [1.54, 1.807) is 12.1 Å². The Labute approximate surface area is 103 Å². The van der Waals surface area contributed by atoms with Crippen molar-refractivity contribution in [2.45, 2.75) is 17.9 Å². The average molecular weight is 256 g/mol. The van der Waals surface area contributed by atoms with E-state index >= 15 is 0 Å². The van der Waals surface area contributed by atoms with Crippen LogP contribution >= 0.6 is 0 Å². The molecule has 1 rings (SSSR count). The van der Waals surface area contributed by atoms with Gasteiger partial charge < -0.3 is 10.6 Å². The summed E-state index contributed by atoms with van der Waals surface area (Å²) < 4.78 is 22.7. The minimum Gasteiger partial charge on any atom is -0.315 e. The minimum atomic E-state index is -3.10. The molecule has 2 N–H and O–H groups in total. The molecule has 0 fully saturated rings. The van der Waals surface area contributed by atoms with Crippen LogP contribution < -0.4 is 10.6 Å². The second-order valence-electron chi connectivity index (χ2n) is 3.99. The molecule has 0 saturated carbocycles. The summed E-state index contributed by atoms with van der Waals surface area (Å²) in [5, 5.41) is 6.46. The molecule has 0 aliphatic rings. The molecule has 1 unspecified atom stereocenters. The summed E-state index contributed by atoms with van der Waals surface area (Å²) in [6, 6.07) is 7.22. The molecule has 0 radical (unpaired) electrons. The van der Waals surface area contributed by atoms with E-state index in [1.165, 1.54) is 6.26 Å². The van der Waals surface area contributed by atoms with Crippen molar-refractivity contribution in [3.63, 3.8) is 0 Å². The Morgan fingerprint density at radius 1 is 1.24 bits per heavy atom. The molecule has 0 aromatic heterocycles. The van der Waals surface area contributed by atoms with E-state index in [4.69, 9.17) is 0 Å². The van der Waals surface area contributed by atoms with Gasteiger partial charge in [-0.3, -0.25) is 0 Å². The van der Waals surface area contributed by atoms with Gasteiger partial charge in [-0.05, 0) is 31.3 Å². The van der Waals surface area contributed by atoms with E-state index in [-0.39, 0.29) is 6.04 Å². The van der Waals surface area contributed by atoms with Crippen molar-refractivity contribution >= 4 is 9.84 Å². The maximum Gasteiger partial charge on any atom is 0.175 e. The number of sulfone groups is 1. The molecule has 0 heterocycles. The van der Waals surface area contributed by atoms with Crippen LogP contribution in [0.4, 0.5) is 0 Å². The number of benzene rings is 1. The fraction of sp³-hybridized carbons (Fsp3) is 0.500. The summed E-state index contributed by atoms with van der Waals surface area (Å²) in [6.45, 7) is 3.80. The van der Waals surface area contributed by atoms with E-state index in [2.05, 4.69) is 17.6 Å². The highest BCUT2D eigenvalue weighted by Gasteiger charge is 2.10. The Bertz CT molecular complexity index is 440. The molecular formula is C12H20N2O2S. The molecule has 4 nitrogen and oxygen atoms in total. The summed E-state index contributed by atoms with van der Waals surface area (Å²) in [6.07, 6.45) is 1.22. The van der Waals surface area contributed by atoms with Crippen LogP contribution in [0, 0.1) is 0 Å². The molecule has 0 aliphatic heterocycles. The summed E-state index contributed by atoms with van der Waals surface area (Å²) in [5.41, 5.74) is 1.08. The van der Waals surface area contributed by atoms with Crippen molar-refractivity contribution in [2.75, 3.05) is 26.4 Å². The molecule has 0 aliphatic carbocycles. The highest BCUT2D eigenvalue weighted by molar-refractivity contribution is 7.90. The van der Waals surface area contributed by atoms with Gasteiger partial charge in [0.25, 0.3) is 0 Å². The van der Waals surface area contributed by atoms with Gasteiger partial charge in [0.2, 0.25) is 0 Å². The summed E-state index contributed by atoms with van der Waals surface area (Å²) in [5.74, 6) is 0. The zero-order valence-corrected chi connectivity index (χ0v) is 11.3. The lowest BCUT2D eigenvalue weighted by molar-refractivity contribution is 0.538. The zero-order chi connectivity index (χ0) is 12.9. The molecule has 0 saturated heterocycles. The van der Waals surface area contributed by atoms with E-state index < -0.39 is 9.84 Å².